The maximum atomic E-state index is 11.2. The molecule has 1 N–H and O–H groups in total. The molecule has 0 fully saturated rings. The van der Waals surface area contributed by atoms with E-state index in [-0.39, 0.29) is 5.75 Å². The Morgan fingerprint density at radius 2 is 1.71 bits per heavy atom. The third kappa shape index (κ3) is 3.46. The van der Waals surface area contributed by atoms with E-state index in [2.05, 4.69) is 4.72 Å². The Bertz CT molecular complexity index is 411. The summed E-state index contributed by atoms with van der Waals surface area (Å²) in [5, 5.41) is 0.859. The maximum absolute atomic E-state index is 11.2. The second kappa shape index (κ2) is 4.49. The number of rotatable bonds is 3. The minimum atomic E-state index is -3.27. The molecular formula is C8H9Cl2NO2S. The smallest absolute Gasteiger partial charge is 0.215 e. The fourth-order valence-corrected chi connectivity index (χ4v) is 2.31. The lowest BCUT2D eigenvalue weighted by Crippen LogP contribution is -2.20. The average molecular weight is 254 g/mol. The summed E-state index contributed by atoms with van der Waals surface area (Å²) < 4.78 is 24.6. The summed E-state index contributed by atoms with van der Waals surface area (Å²) in [7, 11) is -1.91. The van der Waals surface area contributed by atoms with E-state index in [1.54, 1.807) is 18.2 Å². The Balaban J connectivity index is 2.98. The number of nitrogens with one attached hydrogen (secondary N) is 1. The lowest BCUT2D eigenvalue weighted by molar-refractivity contribution is 0.587. The molecule has 1 rings (SSSR count). The van der Waals surface area contributed by atoms with Gasteiger partial charge in [-0.15, -0.1) is 0 Å². The van der Waals surface area contributed by atoms with Gasteiger partial charge in [0.2, 0.25) is 10.0 Å². The van der Waals surface area contributed by atoms with E-state index in [9.17, 15) is 8.42 Å². The van der Waals surface area contributed by atoms with Crippen molar-refractivity contribution in [2.24, 2.45) is 0 Å². The van der Waals surface area contributed by atoms with Crippen LogP contribution in [0.3, 0.4) is 0 Å². The minimum absolute atomic E-state index is 0.121. The van der Waals surface area contributed by atoms with Crippen LogP contribution in [0.2, 0.25) is 10.0 Å². The van der Waals surface area contributed by atoms with Gasteiger partial charge >= 0.3 is 0 Å². The van der Waals surface area contributed by atoms with Crippen LogP contribution in [0.1, 0.15) is 5.56 Å². The lowest BCUT2D eigenvalue weighted by atomic mass is 10.2. The molecule has 0 aliphatic carbocycles. The largest absolute Gasteiger partial charge is 0.218 e. The zero-order valence-corrected chi connectivity index (χ0v) is 9.75. The van der Waals surface area contributed by atoms with Gasteiger partial charge in [0, 0.05) is 10.0 Å². The maximum Gasteiger partial charge on any atom is 0.215 e. The van der Waals surface area contributed by atoms with Crippen LogP contribution in [0.4, 0.5) is 0 Å². The van der Waals surface area contributed by atoms with Gasteiger partial charge in [-0.1, -0.05) is 23.2 Å². The molecule has 0 saturated heterocycles. The molecule has 3 nitrogen and oxygen atoms in total. The van der Waals surface area contributed by atoms with Crippen LogP contribution >= 0.6 is 23.2 Å². The van der Waals surface area contributed by atoms with Crippen LogP contribution < -0.4 is 4.72 Å². The van der Waals surface area contributed by atoms with E-state index in [0.717, 1.165) is 0 Å². The van der Waals surface area contributed by atoms with Gasteiger partial charge in [-0.25, -0.2) is 13.1 Å². The van der Waals surface area contributed by atoms with Gasteiger partial charge in [0.15, 0.2) is 0 Å². The molecule has 0 saturated carbocycles. The Hall–Kier alpha value is -0.290. The fraction of sp³-hybridized carbons (Fsp3) is 0.250. The van der Waals surface area contributed by atoms with Crippen LogP contribution in [0.5, 0.6) is 0 Å². The van der Waals surface area contributed by atoms with Crippen molar-refractivity contribution in [1.82, 2.24) is 4.72 Å². The molecule has 0 spiro atoms. The SMILES string of the molecule is CNS(=O)(=O)Cc1cc(Cl)cc(Cl)c1. The minimum Gasteiger partial charge on any atom is -0.218 e. The molecular weight excluding hydrogens is 245 g/mol. The number of halogens is 2. The molecule has 6 heteroatoms. The number of hydrogen-bond donors (Lipinski definition) is 1. The van der Waals surface area contributed by atoms with E-state index >= 15 is 0 Å². The van der Waals surface area contributed by atoms with E-state index in [0.29, 0.717) is 15.6 Å². The Labute approximate surface area is 93.1 Å². The van der Waals surface area contributed by atoms with Gasteiger partial charge in [0.1, 0.15) is 0 Å². The van der Waals surface area contributed by atoms with Crippen LogP contribution in [-0.4, -0.2) is 15.5 Å². The fourth-order valence-electron chi connectivity index (χ4n) is 0.986. The number of hydrogen-bond acceptors (Lipinski definition) is 2. The zero-order valence-electron chi connectivity index (χ0n) is 7.42. The highest BCUT2D eigenvalue weighted by molar-refractivity contribution is 7.88. The summed E-state index contributed by atoms with van der Waals surface area (Å²) in [6, 6.07) is 4.70. The molecule has 0 aliphatic heterocycles. The summed E-state index contributed by atoms with van der Waals surface area (Å²) in [6.45, 7) is 0. The molecule has 14 heavy (non-hydrogen) atoms. The second-order valence-electron chi connectivity index (χ2n) is 2.74. The molecule has 1 aromatic carbocycles. The van der Waals surface area contributed by atoms with E-state index < -0.39 is 10.0 Å². The molecule has 78 valence electrons. The molecule has 0 unspecified atom stereocenters. The predicted octanol–water partition coefficient (Wildman–Crippen LogP) is 2.04. The summed E-state index contributed by atoms with van der Waals surface area (Å²) in [4.78, 5) is 0. The van der Waals surface area contributed by atoms with Crippen molar-refractivity contribution in [2.75, 3.05) is 7.05 Å². The zero-order chi connectivity index (χ0) is 10.8. The van der Waals surface area contributed by atoms with Crippen molar-refractivity contribution in [3.8, 4) is 0 Å². The first-order valence-corrected chi connectivity index (χ1v) is 6.20. The van der Waals surface area contributed by atoms with Gasteiger partial charge in [0.25, 0.3) is 0 Å². The molecule has 0 aliphatic rings. The summed E-state index contributed by atoms with van der Waals surface area (Å²) in [5.41, 5.74) is 0.567. The Morgan fingerprint density at radius 1 is 1.21 bits per heavy atom. The number of sulfonamides is 1. The van der Waals surface area contributed by atoms with Gasteiger partial charge in [-0.2, -0.15) is 0 Å². The number of benzene rings is 1. The normalized spacial score (nSPS) is 11.6. The first-order valence-electron chi connectivity index (χ1n) is 3.79. The van der Waals surface area contributed by atoms with Crippen LogP contribution in [-0.2, 0) is 15.8 Å². The topological polar surface area (TPSA) is 46.2 Å². The highest BCUT2D eigenvalue weighted by atomic mass is 35.5. The van der Waals surface area contributed by atoms with Gasteiger partial charge < -0.3 is 0 Å². The lowest BCUT2D eigenvalue weighted by Gasteiger charge is -2.03. The van der Waals surface area contributed by atoms with Crippen molar-refractivity contribution in [3.05, 3.63) is 33.8 Å². The van der Waals surface area contributed by atoms with Gasteiger partial charge in [-0.3, -0.25) is 0 Å². The quantitative estimate of drug-likeness (QED) is 0.897. The first kappa shape index (κ1) is 11.8. The molecule has 0 radical (unpaired) electrons. The van der Waals surface area contributed by atoms with Crippen molar-refractivity contribution < 1.29 is 8.42 Å². The first-order chi connectivity index (χ1) is 6.43. The standard InChI is InChI=1S/C8H9Cl2NO2S/c1-11-14(12,13)5-6-2-7(9)4-8(10)3-6/h2-4,11H,5H2,1H3. The molecule has 0 bridgehead atoms. The third-order valence-electron chi connectivity index (χ3n) is 1.59. The Kier molecular flexibility index (Phi) is 3.78. The second-order valence-corrected chi connectivity index (χ2v) is 5.54. The third-order valence-corrected chi connectivity index (χ3v) is 3.36. The molecule has 0 atom stereocenters. The van der Waals surface area contributed by atoms with E-state index in [1.807, 2.05) is 0 Å². The summed E-state index contributed by atoms with van der Waals surface area (Å²) in [5.74, 6) is -0.121. The molecule has 0 amide bonds. The van der Waals surface area contributed by atoms with Crippen LogP contribution in [0.25, 0.3) is 0 Å². The van der Waals surface area contributed by atoms with E-state index in [1.165, 1.54) is 7.05 Å². The van der Waals surface area contributed by atoms with Crippen molar-refractivity contribution in [1.29, 1.82) is 0 Å². The summed E-state index contributed by atoms with van der Waals surface area (Å²) >= 11 is 11.4. The Morgan fingerprint density at radius 3 is 2.14 bits per heavy atom. The van der Waals surface area contributed by atoms with Crippen molar-refractivity contribution >= 4 is 33.2 Å². The van der Waals surface area contributed by atoms with E-state index in [4.69, 9.17) is 23.2 Å². The van der Waals surface area contributed by atoms with Crippen molar-refractivity contribution in [2.45, 2.75) is 5.75 Å². The molecule has 0 heterocycles. The monoisotopic (exact) mass is 253 g/mol. The van der Waals surface area contributed by atoms with Crippen LogP contribution in [0.15, 0.2) is 18.2 Å². The predicted molar refractivity (Wildman–Crippen MR) is 58.1 cm³/mol. The van der Waals surface area contributed by atoms with Crippen LogP contribution in [0, 0.1) is 0 Å². The molecule has 1 aromatic rings. The summed E-state index contributed by atoms with van der Waals surface area (Å²) in [6.07, 6.45) is 0. The van der Waals surface area contributed by atoms with Gasteiger partial charge in [-0.05, 0) is 30.8 Å². The van der Waals surface area contributed by atoms with Gasteiger partial charge in [0.05, 0.1) is 5.75 Å². The molecule has 0 aromatic heterocycles. The average Bonchev–Trinajstić information content (AvgIpc) is 2.01. The highest BCUT2D eigenvalue weighted by Gasteiger charge is 2.09. The van der Waals surface area contributed by atoms with Crippen molar-refractivity contribution in [3.63, 3.8) is 0 Å². The highest BCUT2D eigenvalue weighted by Crippen LogP contribution is 2.20.